The number of phenols is 1. The molecule has 16 heavy (non-hydrogen) atoms. The van der Waals surface area contributed by atoms with Gasteiger partial charge in [0, 0.05) is 19.1 Å². The number of nitrogens with zero attached hydrogens (tertiary/aromatic N) is 1. The number of hydrogen-bond acceptors (Lipinski definition) is 3. The highest BCUT2D eigenvalue weighted by molar-refractivity contribution is 5.27. The molecule has 1 aromatic rings. The lowest BCUT2D eigenvalue weighted by Crippen LogP contribution is -2.36. The van der Waals surface area contributed by atoms with E-state index in [4.69, 9.17) is 0 Å². The van der Waals surface area contributed by atoms with E-state index in [1.165, 1.54) is 12.0 Å². The summed E-state index contributed by atoms with van der Waals surface area (Å²) in [6, 6.07) is 8.20. The van der Waals surface area contributed by atoms with Crippen LogP contribution in [0.3, 0.4) is 0 Å². The predicted octanol–water partition coefficient (Wildman–Crippen LogP) is 1.58. The Balaban J connectivity index is 2.00. The Labute approximate surface area is 97.1 Å². The van der Waals surface area contributed by atoms with Gasteiger partial charge in [-0.1, -0.05) is 19.1 Å². The third-order valence-electron chi connectivity index (χ3n) is 3.25. The van der Waals surface area contributed by atoms with Gasteiger partial charge in [-0.05, 0) is 37.2 Å². The van der Waals surface area contributed by atoms with Crippen LogP contribution >= 0.6 is 0 Å². The van der Waals surface area contributed by atoms with Crippen LogP contribution in [0.15, 0.2) is 24.3 Å². The number of likely N-dealkylation sites (N-methyl/N-ethyl adjacent to an activating group) is 1. The van der Waals surface area contributed by atoms with Gasteiger partial charge in [-0.15, -0.1) is 0 Å². The zero-order valence-electron chi connectivity index (χ0n) is 9.82. The largest absolute Gasteiger partial charge is 0.508 e. The fourth-order valence-electron chi connectivity index (χ4n) is 2.34. The molecule has 0 spiro atoms. The first-order valence-electron chi connectivity index (χ1n) is 6.02. The monoisotopic (exact) mass is 220 g/mol. The molecule has 0 saturated carbocycles. The molecule has 3 heteroatoms. The van der Waals surface area contributed by atoms with Crippen molar-refractivity contribution in [2.24, 2.45) is 0 Å². The van der Waals surface area contributed by atoms with Gasteiger partial charge >= 0.3 is 0 Å². The first-order chi connectivity index (χ1) is 7.79. The molecule has 1 heterocycles. The molecule has 1 saturated heterocycles. The van der Waals surface area contributed by atoms with E-state index in [-0.39, 0.29) is 0 Å². The van der Waals surface area contributed by atoms with E-state index in [9.17, 15) is 5.11 Å². The molecule has 2 N–H and O–H groups in total. The topological polar surface area (TPSA) is 35.5 Å². The maximum atomic E-state index is 9.43. The van der Waals surface area contributed by atoms with Gasteiger partial charge in [0.2, 0.25) is 0 Å². The summed E-state index contributed by atoms with van der Waals surface area (Å²) in [6.07, 6.45) is 1.23. The molecule has 1 aliphatic rings. The second-order valence-corrected chi connectivity index (χ2v) is 4.38. The third-order valence-corrected chi connectivity index (χ3v) is 3.25. The molecule has 3 nitrogen and oxygen atoms in total. The van der Waals surface area contributed by atoms with E-state index >= 15 is 0 Å². The van der Waals surface area contributed by atoms with E-state index in [1.54, 1.807) is 6.07 Å². The minimum Gasteiger partial charge on any atom is -0.508 e. The summed E-state index contributed by atoms with van der Waals surface area (Å²) in [5.41, 5.74) is 1.19. The SMILES string of the molecule is CCN(Cc1cccc(O)c1)C1CCNC1. The van der Waals surface area contributed by atoms with Crippen LogP contribution in [0.5, 0.6) is 5.75 Å². The van der Waals surface area contributed by atoms with Crippen LogP contribution in [0.4, 0.5) is 0 Å². The van der Waals surface area contributed by atoms with Gasteiger partial charge < -0.3 is 10.4 Å². The Morgan fingerprint density at radius 3 is 3.00 bits per heavy atom. The molecule has 1 atom stereocenters. The summed E-state index contributed by atoms with van der Waals surface area (Å²) in [4.78, 5) is 2.47. The minimum atomic E-state index is 0.359. The fraction of sp³-hybridized carbons (Fsp3) is 0.538. The van der Waals surface area contributed by atoms with Crippen molar-refractivity contribution >= 4 is 0 Å². The molecule has 0 radical (unpaired) electrons. The fourth-order valence-corrected chi connectivity index (χ4v) is 2.34. The minimum absolute atomic E-state index is 0.359. The summed E-state index contributed by atoms with van der Waals surface area (Å²) in [5, 5.41) is 12.8. The van der Waals surface area contributed by atoms with Gasteiger partial charge in [-0.25, -0.2) is 0 Å². The van der Waals surface area contributed by atoms with Gasteiger partial charge in [0.1, 0.15) is 5.75 Å². The third kappa shape index (κ3) is 2.74. The highest BCUT2D eigenvalue weighted by atomic mass is 16.3. The van der Waals surface area contributed by atoms with Crippen molar-refractivity contribution in [1.82, 2.24) is 10.2 Å². The number of hydrogen-bond donors (Lipinski definition) is 2. The van der Waals surface area contributed by atoms with E-state index in [0.29, 0.717) is 11.8 Å². The molecule has 0 aliphatic carbocycles. The average molecular weight is 220 g/mol. The van der Waals surface area contributed by atoms with Crippen molar-refractivity contribution in [3.63, 3.8) is 0 Å². The molecule has 0 bridgehead atoms. The Morgan fingerprint density at radius 1 is 1.50 bits per heavy atom. The highest BCUT2D eigenvalue weighted by Crippen LogP contribution is 2.16. The van der Waals surface area contributed by atoms with E-state index in [0.717, 1.165) is 26.2 Å². The second kappa shape index (κ2) is 5.32. The Hall–Kier alpha value is -1.06. The van der Waals surface area contributed by atoms with E-state index in [1.807, 2.05) is 12.1 Å². The first-order valence-corrected chi connectivity index (χ1v) is 6.02. The van der Waals surface area contributed by atoms with Crippen molar-refractivity contribution in [2.45, 2.75) is 25.9 Å². The predicted molar refractivity (Wildman–Crippen MR) is 65.5 cm³/mol. The molecule has 1 unspecified atom stereocenters. The smallest absolute Gasteiger partial charge is 0.115 e. The van der Waals surface area contributed by atoms with E-state index in [2.05, 4.69) is 23.2 Å². The van der Waals surface area contributed by atoms with Crippen LogP contribution in [0, 0.1) is 0 Å². The zero-order valence-corrected chi connectivity index (χ0v) is 9.82. The summed E-state index contributed by atoms with van der Waals surface area (Å²) in [5.74, 6) is 0.359. The van der Waals surface area contributed by atoms with Crippen molar-refractivity contribution in [1.29, 1.82) is 0 Å². The molecule has 0 aromatic heterocycles. The van der Waals surface area contributed by atoms with Crippen molar-refractivity contribution in [3.05, 3.63) is 29.8 Å². The standard InChI is InChI=1S/C13H20N2O/c1-2-15(12-6-7-14-9-12)10-11-4-3-5-13(16)8-11/h3-5,8,12,14,16H,2,6-7,9-10H2,1H3. The zero-order chi connectivity index (χ0) is 11.4. The van der Waals surface area contributed by atoms with Crippen LogP contribution in [0.2, 0.25) is 0 Å². The molecule has 88 valence electrons. The molecular formula is C13H20N2O. The van der Waals surface area contributed by atoms with Gasteiger partial charge in [0.05, 0.1) is 0 Å². The van der Waals surface area contributed by atoms with Gasteiger partial charge in [0.15, 0.2) is 0 Å². The molecule has 0 amide bonds. The quantitative estimate of drug-likeness (QED) is 0.808. The van der Waals surface area contributed by atoms with Crippen LogP contribution < -0.4 is 5.32 Å². The maximum absolute atomic E-state index is 9.43. The van der Waals surface area contributed by atoms with Crippen LogP contribution in [-0.2, 0) is 6.54 Å². The molecule has 1 aliphatic heterocycles. The summed E-state index contributed by atoms with van der Waals surface area (Å²) >= 11 is 0. The van der Waals surface area contributed by atoms with Gasteiger partial charge in [-0.2, -0.15) is 0 Å². The summed E-state index contributed by atoms with van der Waals surface area (Å²) in [7, 11) is 0. The summed E-state index contributed by atoms with van der Waals surface area (Å²) < 4.78 is 0. The Kier molecular flexibility index (Phi) is 3.80. The number of benzene rings is 1. The molecule has 2 rings (SSSR count). The molecule has 1 aromatic carbocycles. The lowest BCUT2D eigenvalue weighted by Gasteiger charge is -2.26. The first kappa shape index (κ1) is 11.4. The lowest BCUT2D eigenvalue weighted by molar-refractivity contribution is 0.210. The second-order valence-electron chi connectivity index (χ2n) is 4.38. The average Bonchev–Trinajstić information content (AvgIpc) is 2.79. The van der Waals surface area contributed by atoms with Gasteiger partial charge in [0.25, 0.3) is 0 Å². The number of nitrogens with one attached hydrogen (secondary N) is 1. The van der Waals surface area contributed by atoms with E-state index < -0.39 is 0 Å². The van der Waals surface area contributed by atoms with Crippen molar-refractivity contribution < 1.29 is 5.11 Å². The Morgan fingerprint density at radius 2 is 2.38 bits per heavy atom. The Bertz CT molecular complexity index is 334. The molecular weight excluding hydrogens is 200 g/mol. The van der Waals surface area contributed by atoms with Crippen molar-refractivity contribution in [3.8, 4) is 5.75 Å². The summed E-state index contributed by atoms with van der Waals surface area (Å²) in [6.45, 7) is 6.40. The highest BCUT2D eigenvalue weighted by Gasteiger charge is 2.20. The lowest BCUT2D eigenvalue weighted by atomic mass is 10.1. The number of aromatic hydroxyl groups is 1. The number of rotatable bonds is 4. The van der Waals surface area contributed by atoms with Gasteiger partial charge in [-0.3, -0.25) is 4.90 Å². The normalized spacial score (nSPS) is 20.5. The molecule has 1 fully saturated rings. The van der Waals surface area contributed by atoms with Crippen LogP contribution in [0.1, 0.15) is 18.9 Å². The number of phenolic OH excluding ortho intramolecular Hbond substituents is 1. The van der Waals surface area contributed by atoms with Crippen LogP contribution in [-0.4, -0.2) is 35.7 Å². The maximum Gasteiger partial charge on any atom is 0.115 e. The van der Waals surface area contributed by atoms with Crippen molar-refractivity contribution in [2.75, 3.05) is 19.6 Å². The van der Waals surface area contributed by atoms with Crippen LogP contribution in [0.25, 0.3) is 0 Å².